The van der Waals surface area contributed by atoms with E-state index in [2.05, 4.69) is 10.3 Å². The first-order valence-corrected chi connectivity index (χ1v) is 5.05. The van der Waals surface area contributed by atoms with Crippen molar-refractivity contribution in [2.45, 2.75) is 27.2 Å². The van der Waals surface area contributed by atoms with Crippen LogP contribution in [0.3, 0.4) is 0 Å². The summed E-state index contributed by atoms with van der Waals surface area (Å²) >= 11 is 0. The van der Waals surface area contributed by atoms with Gasteiger partial charge in [0.1, 0.15) is 5.56 Å². The Labute approximate surface area is 88.7 Å². The lowest BCUT2D eigenvalue weighted by atomic mass is 10.1. The zero-order chi connectivity index (χ0) is 11.4. The first-order valence-electron chi connectivity index (χ1n) is 5.05. The number of hydrogen-bond acceptors (Lipinski definition) is 2. The molecule has 4 nitrogen and oxygen atoms in total. The highest BCUT2D eigenvalue weighted by Gasteiger charge is 2.12. The van der Waals surface area contributed by atoms with Gasteiger partial charge in [0.05, 0.1) is 0 Å². The number of aryl methyl sites for hydroxylation is 2. The Kier molecular flexibility index (Phi) is 3.66. The van der Waals surface area contributed by atoms with Crippen LogP contribution < -0.4 is 10.7 Å². The smallest absolute Gasteiger partial charge is 0.257 e. The fourth-order valence-electron chi connectivity index (χ4n) is 1.46. The lowest BCUT2D eigenvalue weighted by Gasteiger charge is -2.06. The third-order valence-electron chi connectivity index (χ3n) is 2.12. The molecule has 4 heteroatoms. The number of carbonyl (C=O) groups is 1. The molecule has 0 aliphatic heterocycles. The summed E-state index contributed by atoms with van der Waals surface area (Å²) in [6, 6.07) is 1.44. The van der Waals surface area contributed by atoms with E-state index in [0.717, 1.165) is 12.1 Å². The third kappa shape index (κ3) is 2.68. The van der Waals surface area contributed by atoms with Gasteiger partial charge in [0.15, 0.2) is 5.43 Å². The molecule has 0 fully saturated rings. The highest BCUT2D eigenvalue weighted by atomic mass is 16.2. The van der Waals surface area contributed by atoms with Crippen molar-refractivity contribution in [2.75, 3.05) is 6.54 Å². The van der Waals surface area contributed by atoms with Crippen LogP contribution >= 0.6 is 0 Å². The van der Waals surface area contributed by atoms with Crippen LogP contribution in [0.2, 0.25) is 0 Å². The van der Waals surface area contributed by atoms with Crippen molar-refractivity contribution in [1.29, 1.82) is 0 Å². The summed E-state index contributed by atoms with van der Waals surface area (Å²) in [5.41, 5.74) is 1.38. The molecule has 0 aliphatic rings. The first-order chi connectivity index (χ1) is 7.06. The quantitative estimate of drug-likeness (QED) is 0.782. The number of carbonyl (C=O) groups excluding carboxylic acids is 1. The van der Waals surface area contributed by atoms with Gasteiger partial charge in [0.25, 0.3) is 5.91 Å². The minimum absolute atomic E-state index is 0.217. The van der Waals surface area contributed by atoms with E-state index < -0.39 is 0 Å². The summed E-state index contributed by atoms with van der Waals surface area (Å²) in [5, 5.41) is 2.69. The van der Waals surface area contributed by atoms with Gasteiger partial charge in [-0.25, -0.2) is 0 Å². The molecule has 1 amide bonds. The van der Waals surface area contributed by atoms with E-state index in [4.69, 9.17) is 0 Å². The Morgan fingerprint density at radius 3 is 2.67 bits per heavy atom. The molecule has 15 heavy (non-hydrogen) atoms. The highest BCUT2D eigenvalue weighted by Crippen LogP contribution is 2.00. The van der Waals surface area contributed by atoms with Crippen LogP contribution in [0.25, 0.3) is 0 Å². The van der Waals surface area contributed by atoms with Gasteiger partial charge >= 0.3 is 0 Å². The third-order valence-corrected chi connectivity index (χ3v) is 2.12. The summed E-state index contributed by atoms with van der Waals surface area (Å²) < 4.78 is 0. The molecule has 2 N–H and O–H groups in total. The number of nitrogens with one attached hydrogen (secondary N) is 2. The Hall–Kier alpha value is -1.58. The number of hydrogen-bond donors (Lipinski definition) is 2. The molecule has 1 rings (SSSR count). The molecule has 0 aliphatic carbocycles. The summed E-state index contributed by atoms with van der Waals surface area (Å²) in [6.07, 6.45) is 0.856. The lowest BCUT2D eigenvalue weighted by Crippen LogP contribution is -2.30. The van der Waals surface area contributed by atoms with Gasteiger partial charge in [-0.15, -0.1) is 0 Å². The molecule has 82 valence electrons. The van der Waals surface area contributed by atoms with Crippen molar-refractivity contribution < 1.29 is 4.79 Å². The number of rotatable bonds is 3. The van der Waals surface area contributed by atoms with Crippen molar-refractivity contribution >= 4 is 5.91 Å². The van der Waals surface area contributed by atoms with Crippen LogP contribution in [-0.4, -0.2) is 17.4 Å². The fourth-order valence-corrected chi connectivity index (χ4v) is 1.46. The second-order valence-electron chi connectivity index (χ2n) is 3.57. The van der Waals surface area contributed by atoms with E-state index in [1.807, 2.05) is 6.92 Å². The van der Waals surface area contributed by atoms with Crippen molar-refractivity contribution in [3.8, 4) is 0 Å². The van der Waals surface area contributed by atoms with E-state index in [1.54, 1.807) is 13.8 Å². The average molecular weight is 208 g/mol. The summed E-state index contributed by atoms with van der Waals surface area (Å²) in [5.74, 6) is -0.296. The molecule has 1 aromatic heterocycles. The summed E-state index contributed by atoms with van der Waals surface area (Å²) in [6.45, 7) is 6.08. The molecule has 0 atom stereocenters. The zero-order valence-electron chi connectivity index (χ0n) is 9.31. The van der Waals surface area contributed by atoms with Gasteiger partial charge in [0.2, 0.25) is 0 Å². The normalized spacial score (nSPS) is 10.1. The number of pyridine rings is 1. The molecule has 0 spiro atoms. The van der Waals surface area contributed by atoms with Crippen LogP contribution in [0.5, 0.6) is 0 Å². The molecule has 0 bridgehead atoms. The maximum Gasteiger partial charge on any atom is 0.257 e. The van der Waals surface area contributed by atoms with E-state index >= 15 is 0 Å². The van der Waals surface area contributed by atoms with E-state index in [1.165, 1.54) is 6.07 Å². The standard InChI is InChI=1S/C11H16N2O2/c1-4-5-12-11(15)10-8(3)13-7(2)6-9(10)14/h6H,4-5H2,1-3H3,(H,12,15)(H,13,14). The Morgan fingerprint density at radius 2 is 2.13 bits per heavy atom. The van der Waals surface area contributed by atoms with Crippen molar-refractivity contribution in [3.05, 3.63) is 33.2 Å². The summed E-state index contributed by atoms with van der Waals surface area (Å²) in [7, 11) is 0. The van der Waals surface area contributed by atoms with Crippen molar-refractivity contribution in [1.82, 2.24) is 10.3 Å². The molecule has 0 saturated heterocycles. The van der Waals surface area contributed by atoms with Crippen LogP contribution in [0.15, 0.2) is 10.9 Å². The van der Waals surface area contributed by atoms with Crippen molar-refractivity contribution in [2.24, 2.45) is 0 Å². The van der Waals surface area contributed by atoms with Gasteiger partial charge in [-0.05, 0) is 20.3 Å². The maximum absolute atomic E-state index is 11.6. The largest absolute Gasteiger partial charge is 0.362 e. The fraction of sp³-hybridized carbons (Fsp3) is 0.455. The molecule has 0 radical (unpaired) electrons. The van der Waals surface area contributed by atoms with E-state index in [-0.39, 0.29) is 16.9 Å². The molecule has 0 unspecified atom stereocenters. The Morgan fingerprint density at radius 1 is 1.47 bits per heavy atom. The predicted molar refractivity (Wildman–Crippen MR) is 59.2 cm³/mol. The number of H-pyrrole nitrogens is 1. The van der Waals surface area contributed by atoms with E-state index in [0.29, 0.717) is 12.2 Å². The van der Waals surface area contributed by atoms with Crippen LogP contribution in [-0.2, 0) is 0 Å². The maximum atomic E-state index is 11.6. The SMILES string of the molecule is CCCNC(=O)c1c(C)[nH]c(C)cc1=O. The summed E-state index contributed by atoms with van der Waals surface area (Å²) in [4.78, 5) is 26.2. The lowest BCUT2D eigenvalue weighted by molar-refractivity contribution is 0.0951. The molecule has 1 aromatic rings. The van der Waals surface area contributed by atoms with Gasteiger partial charge < -0.3 is 10.3 Å². The van der Waals surface area contributed by atoms with Crippen LogP contribution in [0.4, 0.5) is 0 Å². The molecular weight excluding hydrogens is 192 g/mol. The molecule has 1 heterocycles. The van der Waals surface area contributed by atoms with Gasteiger partial charge in [-0.1, -0.05) is 6.92 Å². The number of aromatic amines is 1. The minimum Gasteiger partial charge on any atom is -0.362 e. The Bertz CT molecular complexity index is 421. The highest BCUT2D eigenvalue weighted by molar-refractivity contribution is 5.95. The van der Waals surface area contributed by atoms with E-state index in [9.17, 15) is 9.59 Å². The second kappa shape index (κ2) is 4.77. The van der Waals surface area contributed by atoms with Crippen LogP contribution in [0.1, 0.15) is 35.1 Å². The van der Waals surface area contributed by atoms with Gasteiger partial charge in [-0.2, -0.15) is 0 Å². The topological polar surface area (TPSA) is 62.0 Å². The van der Waals surface area contributed by atoms with Crippen LogP contribution in [0, 0.1) is 13.8 Å². The van der Waals surface area contributed by atoms with Crippen molar-refractivity contribution in [3.63, 3.8) is 0 Å². The average Bonchev–Trinajstić information content (AvgIpc) is 2.12. The minimum atomic E-state index is -0.296. The predicted octanol–water partition coefficient (Wildman–Crippen LogP) is 1.13. The monoisotopic (exact) mass is 208 g/mol. The molecule has 0 aromatic carbocycles. The molecule has 0 saturated carbocycles. The first kappa shape index (κ1) is 11.5. The number of aromatic nitrogens is 1. The molecular formula is C11H16N2O2. The number of amides is 1. The van der Waals surface area contributed by atoms with Gasteiger partial charge in [-0.3, -0.25) is 9.59 Å². The second-order valence-corrected chi connectivity index (χ2v) is 3.57. The van der Waals surface area contributed by atoms with Gasteiger partial charge in [0, 0.05) is 24.0 Å². The zero-order valence-corrected chi connectivity index (χ0v) is 9.31. The Balaban J connectivity index is 3.04.